The monoisotopic (exact) mass is 259 g/mol. The minimum Gasteiger partial charge on any atom is -0.481 e. The first-order valence-electron chi connectivity index (χ1n) is 6.77. The number of aliphatic carboxylic acids is 1. The molecule has 1 amide bonds. The molecule has 1 heterocycles. The summed E-state index contributed by atoms with van der Waals surface area (Å²) in [6.45, 7) is 0.643. The highest BCUT2D eigenvalue weighted by molar-refractivity contribution is 5.82. The lowest BCUT2D eigenvalue weighted by atomic mass is 9.90. The molecule has 1 aliphatic heterocycles. The van der Waals surface area contributed by atoms with E-state index in [2.05, 4.69) is 0 Å². The summed E-state index contributed by atoms with van der Waals surface area (Å²) < 4.78 is 0. The summed E-state index contributed by atoms with van der Waals surface area (Å²) in [5.41, 5.74) is 2.18. The number of carbonyl (C=O) groups excluding carboxylic acids is 1. The minimum atomic E-state index is -0.852. The van der Waals surface area contributed by atoms with Crippen molar-refractivity contribution in [3.05, 3.63) is 35.4 Å². The topological polar surface area (TPSA) is 57.6 Å². The van der Waals surface area contributed by atoms with Gasteiger partial charge in [0.2, 0.25) is 5.91 Å². The number of fused-ring (bicyclic) bond motifs is 1. The lowest BCUT2D eigenvalue weighted by molar-refractivity contribution is -0.142. The van der Waals surface area contributed by atoms with Crippen LogP contribution in [-0.4, -0.2) is 28.4 Å². The van der Waals surface area contributed by atoms with Crippen molar-refractivity contribution in [1.82, 2.24) is 4.90 Å². The molecular weight excluding hydrogens is 242 g/mol. The zero-order valence-electron chi connectivity index (χ0n) is 10.7. The summed E-state index contributed by atoms with van der Waals surface area (Å²) in [4.78, 5) is 25.2. The van der Waals surface area contributed by atoms with Gasteiger partial charge in [0.1, 0.15) is 0 Å². The lowest BCUT2D eigenvalue weighted by Gasteiger charge is -2.37. The molecule has 0 spiro atoms. The second-order valence-corrected chi connectivity index (χ2v) is 5.37. The van der Waals surface area contributed by atoms with Gasteiger partial charge in [0, 0.05) is 12.5 Å². The molecule has 1 aromatic carbocycles. The Morgan fingerprint density at radius 2 is 2.00 bits per heavy atom. The van der Waals surface area contributed by atoms with Crippen molar-refractivity contribution in [2.45, 2.75) is 31.7 Å². The van der Waals surface area contributed by atoms with Crippen LogP contribution in [0.1, 0.15) is 36.4 Å². The molecule has 1 fully saturated rings. The fourth-order valence-electron chi connectivity index (χ4n) is 2.87. The van der Waals surface area contributed by atoms with Gasteiger partial charge in [-0.15, -0.1) is 0 Å². The van der Waals surface area contributed by atoms with E-state index in [1.54, 1.807) is 4.90 Å². The second kappa shape index (κ2) is 4.68. The summed E-state index contributed by atoms with van der Waals surface area (Å²) >= 11 is 0. The number of rotatable bonds is 3. The van der Waals surface area contributed by atoms with E-state index < -0.39 is 5.97 Å². The van der Waals surface area contributed by atoms with Crippen LogP contribution in [0, 0.1) is 5.92 Å². The molecule has 1 unspecified atom stereocenters. The summed E-state index contributed by atoms with van der Waals surface area (Å²) in [5.74, 6) is -0.572. The summed E-state index contributed by atoms with van der Waals surface area (Å²) in [6.07, 6.45) is 2.73. The predicted molar refractivity (Wildman–Crippen MR) is 69.6 cm³/mol. The molecule has 0 bridgehead atoms. The maximum absolute atomic E-state index is 12.3. The van der Waals surface area contributed by atoms with E-state index in [9.17, 15) is 9.59 Å². The van der Waals surface area contributed by atoms with Crippen LogP contribution >= 0.6 is 0 Å². The molecule has 3 rings (SSSR count). The van der Waals surface area contributed by atoms with E-state index in [0.717, 1.165) is 24.8 Å². The third-order valence-electron chi connectivity index (χ3n) is 3.99. The van der Waals surface area contributed by atoms with Crippen molar-refractivity contribution in [1.29, 1.82) is 0 Å². The molecule has 0 aromatic heterocycles. The molecule has 4 nitrogen and oxygen atoms in total. The van der Waals surface area contributed by atoms with Gasteiger partial charge in [-0.25, -0.2) is 0 Å². The smallest absolute Gasteiger partial charge is 0.305 e. The Morgan fingerprint density at radius 3 is 2.68 bits per heavy atom. The van der Waals surface area contributed by atoms with Crippen molar-refractivity contribution < 1.29 is 14.7 Å². The SMILES string of the molecule is O=C(O)CC1c2ccccc2CCN1C(=O)C1CC1. The van der Waals surface area contributed by atoms with Crippen molar-refractivity contribution in [3.8, 4) is 0 Å². The van der Waals surface area contributed by atoms with Crippen molar-refractivity contribution in [3.63, 3.8) is 0 Å². The van der Waals surface area contributed by atoms with Crippen molar-refractivity contribution >= 4 is 11.9 Å². The quantitative estimate of drug-likeness (QED) is 0.903. The van der Waals surface area contributed by atoms with Gasteiger partial charge in [-0.3, -0.25) is 9.59 Å². The largest absolute Gasteiger partial charge is 0.481 e. The van der Waals surface area contributed by atoms with Crippen LogP contribution in [-0.2, 0) is 16.0 Å². The van der Waals surface area contributed by atoms with Crippen LogP contribution in [0.3, 0.4) is 0 Å². The number of carbonyl (C=O) groups is 2. The zero-order valence-corrected chi connectivity index (χ0v) is 10.7. The van der Waals surface area contributed by atoms with Crippen LogP contribution in [0.5, 0.6) is 0 Å². The Morgan fingerprint density at radius 1 is 1.26 bits per heavy atom. The number of hydrogen-bond donors (Lipinski definition) is 1. The molecule has 1 N–H and O–H groups in total. The maximum Gasteiger partial charge on any atom is 0.305 e. The van der Waals surface area contributed by atoms with E-state index >= 15 is 0 Å². The first kappa shape index (κ1) is 12.2. The molecule has 1 saturated carbocycles. The number of nitrogens with zero attached hydrogens (tertiary/aromatic N) is 1. The number of hydrogen-bond acceptors (Lipinski definition) is 2. The van der Waals surface area contributed by atoms with Gasteiger partial charge in [-0.1, -0.05) is 24.3 Å². The van der Waals surface area contributed by atoms with Crippen LogP contribution in [0.25, 0.3) is 0 Å². The average molecular weight is 259 g/mol. The number of carboxylic acid groups (broad SMARTS) is 1. The molecule has 1 aromatic rings. The van der Waals surface area contributed by atoms with Gasteiger partial charge in [0.25, 0.3) is 0 Å². The molecule has 1 aliphatic carbocycles. The summed E-state index contributed by atoms with van der Waals surface area (Å²) in [6, 6.07) is 7.57. The highest BCUT2D eigenvalue weighted by Crippen LogP contribution is 2.38. The highest BCUT2D eigenvalue weighted by Gasteiger charge is 2.39. The third-order valence-corrected chi connectivity index (χ3v) is 3.99. The summed E-state index contributed by atoms with van der Waals surface area (Å²) in [5, 5.41) is 9.11. The first-order chi connectivity index (χ1) is 9.16. The Kier molecular flexibility index (Phi) is 3.01. The maximum atomic E-state index is 12.3. The Balaban J connectivity index is 1.93. The predicted octanol–water partition coefficient (Wildman–Crippen LogP) is 2.00. The molecule has 100 valence electrons. The highest BCUT2D eigenvalue weighted by atomic mass is 16.4. The minimum absolute atomic E-state index is 0.00449. The van der Waals surface area contributed by atoms with Gasteiger partial charge >= 0.3 is 5.97 Å². The van der Waals surface area contributed by atoms with Crippen molar-refractivity contribution in [2.75, 3.05) is 6.54 Å². The molecule has 0 saturated heterocycles. The Labute approximate surface area is 112 Å². The third kappa shape index (κ3) is 2.35. The van der Waals surface area contributed by atoms with Crippen molar-refractivity contribution in [2.24, 2.45) is 5.92 Å². The lowest BCUT2D eigenvalue weighted by Crippen LogP contribution is -2.41. The fraction of sp³-hybridized carbons (Fsp3) is 0.467. The van der Waals surface area contributed by atoms with E-state index in [4.69, 9.17) is 5.11 Å². The van der Waals surface area contributed by atoms with Gasteiger partial charge < -0.3 is 10.0 Å². The Hall–Kier alpha value is -1.84. The summed E-state index contributed by atoms with van der Waals surface area (Å²) in [7, 11) is 0. The zero-order chi connectivity index (χ0) is 13.4. The number of benzene rings is 1. The van der Waals surface area contributed by atoms with Gasteiger partial charge in [0.05, 0.1) is 12.5 Å². The van der Waals surface area contributed by atoms with E-state index in [1.807, 2.05) is 24.3 Å². The van der Waals surface area contributed by atoms with E-state index in [1.165, 1.54) is 5.56 Å². The second-order valence-electron chi connectivity index (χ2n) is 5.37. The molecule has 0 radical (unpaired) electrons. The Bertz CT molecular complexity index is 522. The van der Waals surface area contributed by atoms with Crippen LogP contribution in [0.2, 0.25) is 0 Å². The van der Waals surface area contributed by atoms with E-state index in [-0.39, 0.29) is 24.3 Å². The van der Waals surface area contributed by atoms with Crippen LogP contribution in [0.15, 0.2) is 24.3 Å². The first-order valence-corrected chi connectivity index (χ1v) is 6.77. The molecule has 2 aliphatic rings. The molecule has 19 heavy (non-hydrogen) atoms. The van der Waals surface area contributed by atoms with Gasteiger partial charge in [0.15, 0.2) is 0 Å². The van der Waals surface area contributed by atoms with E-state index in [0.29, 0.717) is 6.54 Å². The van der Waals surface area contributed by atoms with Gasteiger partial charge in [-0.05, 0) is 30.4 Å². The van der Waals surface area contributed by atoms with Crippen LogP contribution < -0.4 is 0 Å². The van der Waals surface area contributed by atoms with Crippen LogP contribution in [0.4, 0.5) is 0 Å². The molecule has 4 heteroatoms. The average Bonchev–Trinajstić information content (AvgIpc) is 3.22. The van der Waals surface area contributed by atoms with Gasteiger partial charge in [-0.2, -0.15) is 0 Å². The number of amides is 1. The molecule has 1 atom stereocenters. The normalized spacial score (nSPS) is 21.9. The molecular formula is C15H17NO3. The fourth-order valence-corrected chi connectivity index (χ4v) is 2.87. The number of carboxylic acids is 1. The standard InChI is InChI=1S/C15H17NO3/c17-14(18)9-13-12-4-2-1-3-10(12)7-8-16(13)15(19)11-5-6-11/h1-4,11,13H,5-9H2,(H,17,18).